The van der Waals surface area contributed by atoms with E-state index in [1.165, 1.54) is 19.2 Å². The van der Waals surface area contributed by atoms with E-state index in [0.29, 0.717) is 25.5 Å². The molecule has 2 heterocycles. The van der Waals surface area contributed by atoms with Crippen LogP contribution >= 0.6 is 0 Å². The van der Waals surface area contributed by atoms with Crippen LogP contribution < -0.4 is 4.74 Å². The van der Waals surface area contributed by atoms with Crippen LogP contribution in [0.3, 0.4) is 0 Å². The van der Waals surface area contributed by atoms with Gasteiger partial charge in [0, 0.05) is 38.2 Å². The Morgan fingerprint density at radius 3 is 2.95 bits per heavy atom. The molecule has 0 aromatic heterocycles. The van der Waals surface area contributed by atoms with Crippen LogP contribution in [0.4, 0.5) is 4.39 Å². The molecule has 0 spiro atoms. The lowest BCUT2D eigenvalue weighted by atomic mass is 9.85. The number of hydrogen-bond donors (Lipinski definition) is 0. The molecule has 2 aliphatic heterocycles. The van der Waals surface area contributed by atoms with Crippen molar-refractivity contribution in [2.24, 2.45) is 11.8 Å². The van der Waals surface area contributed by atoms with Crippen molar-refractivity contribution in [3.8, 4) is 5.75 Å². The number of likely N-dealkylation sites (tertiary alicyclic amines) is 1. The molecule has 120 valence electrons. The van der Waals surface area contributed by atoms with Crippen molar-refractivity contribution in [1.29, 1.82) is 0 Å². The molecular weight excluding hydrogens is 289 g/mol. The van der Waals surface area contributed by atoms with Gasteiger partial charge in [0.2, 0.25) is 5.91 Å². The van der Waals surface area contributed by atoms with Crippen LogP contribution in [0, 0.1) is 17.7 Å². The molecule has 0 saturated carbocycles. The van der Waals surface area contributed by atoms with Crippen LogP contribution in [0.25, 0.3) is 0 Å². The Morgan fingerprint density at radius 1 is 1.41 bits per heavy atom. The van der Waals surface area contributed by atoms with Gasteiger partial charge in [-0.25, -0.2) is 4.39 Å². The van der Waals surface area contributed by atoms with Gasteiger partial charge in [0.05, 0.1) is 19.3 Å². The second-order valence-electron chi connectivity index (χ2n) is 5.80. The number of ether oxygens (including phenoxy) is 3. The number of carbonyl (C=O) groups is 1. The van der Waals surface area contributed by atoms with Gasteiger partial charge in [-0.15, -0.1) is 0 Å². The predicted octanol–water partition coefficient (Wildman–Crippen LogP) is 1.63. The maximum absolute atomic E-state index is 13.7. The van der Waals surface area contributed by atoms with Gasteiger partial charge >= 0.3 is 0 Å². The Kier molecular flexibility index (Phi) is 4.31. The molecule has 0 aliphatic carbocycles. The van der Waals surface area contributed by atoms with E-state index in [-0.39, 0.29) is 36.2 Å². The lowest BCUT2D eigenvalue weighted by Gasteiger charge is -2.34. The number of hydrogen-bond acceptors (Lipinski definition) is 4. The van der Waals surface area contributed by atoms with Crippen molar-refractivity contribution < 1.29 is 23.4 Å². The summed E-state index contributed by atoms with van der Waals surface area (Å²) in [6, 6.07) is 4.29. The molecule has 0 N–H and O–H groups in total. The van der Waals surface area contributed by atoms with E-state index in [9.17, 15) is 9.18 Å². The highest BCUT2D eigenvalue weighted by Gasteiger charge is 2.48. The van der Waals surface area contributed by atoms with Gasteiger partial charge in [0.15, 0.2) is 0 Å². The first-order valence-corrected chi connectivity index (χ1v) is 7.35. The van der Waals surface area contributed by atoms with Gasteiger partial charge in [0.1, 0.15) is 18.2 Å². The largest absolute Gasteiger partial charge is 0.493 e. The standard InChI is InChI=1S/C16H20FNO4/c1-20-7-10-6-18(15(19)9-21-2)16-12-5-11(17)3-4-14(12)22-8-13(10)16/h3-5,10,13,16H,6-9H2,1-2H3/t10-,13-,16-/m0/s1. The number of benzene rings is 1. The molecule has 2 aliphatic rings. The lowest BCUT2D eigenvalue weighted by Crippen LogP contribution is -2.37. The average molecular weight is 309 g/mol. The van der Waals surface area contributed by atoms with Crippen LogP contribution in [-0.4, -0.2) is 51.4 Å². The van der Waals surface area contributed by atoms with E-state index in [0.717, 1.165) is 5.56 Å². The molecule has 0 radical (unpaired) electrons. The maximum atomic E-state index is 13.7. The van der Waals surface area contributed by atoms with Gasteiger partial charge in [-0.3, -0.25) is 4.79 Å². The van der Waals surface area contributed by atoms with E-state index in [1.807, 2.05) is 0 Å². The number of fused-ring (bicyclic) bond motifs is 3. The lowest BCUT2D eigenvalue weighted by molar-refractivity contribution is -0.136. The normalized spacial score (nSPS) is 26.3. The van der Waals surface area contributed by atoms with Crippen molar-refractivity contribution in [2.75, 3.05) is 40.6 Å². The van der Waals surface area contributed by atoms with Crippen molar-refractivity contribution in [2.45, 2.75) is 6.04 Å². The number of halogens is 1. The summed E-state index contributed by atoms with van der Waals surface area (Å²) in [6.07, 6.45) is 0. The second kappa shape index (κ2) is 6.22. The first-order chi connectivity index (χ1) is 10.7. The number of nitrogens with zero attached hydrogens (tertiary/aromatic N) is 1. The van der Waals surface area contributed by atoms with E-state index >= 15 is 0 Å². The number of rotatable bonds is 4. The third-order valence-corrected chi connectivity index (χ3v) is 4.47. The zero-order chi connectivity index (χ0) is 15.7. The van der Waals surface area contributed by atoms with Gasteiger partial charge in [-0.2, -0.15) is 0 Å². The minimum Gasteiger partial charge on any atom is -0.493 e. The summed E-state index contributed by atoms with van der Waals surface area (Å²) in [4.78, 5) is 14.1. The van der Waals surface area contributed by atoms with Crippen LogP contribution in [0.2, 0.25) is 0 Å². The maximum Gasteiger partial charge on any atom is 0.249 e. The van der Waals surface area contributed by atoms with E-state index in [1.54, 1.807) is 18.1 Å². The van der Waals surface area contributed by atoms with Gasteiger partial charge < -0.3 is 19.1 Å². The summed E-state index contributed by atoms with van der Waals surface area (Å²) >= 11 is 0. The van der Waals surface area contributed by atoms with Crippen LogP contribution in [0.5, 0.6) is 5.75 Å². The predicted molar refractivity (Wildman–Crippen MR) is 77.1 cm³/mol. The third kappa shape index (κ3) is 2.57. The average Bonchev–Trinajstić information content (AvgIpc) is 2.87. The van der Waals surface area contributed by atoms with Crippen LogP contribution in [0.1, 0.15) is 11.6 Å². The molecule has 1 fully saturated rings. The Bertz CT molecular complexity index is 565. The highest BCUT2D eigenvalue weighted by Crippen LogP contribution is 2.47. The highest BCUT2D eigenvalue weighted by atomic mass is 19.1. The quantitative estimate of drug-likeness (QED) is 0.848. The van der Waals surface area contributed by atoms with Crippen molar-refractivity contribution in [3.05, 3.63) is 29.6 Å². The Labute approximate surface area is 128 Å². The van der Waals surface area contributed by atoms with E-state index in [4.69, 9.17) is 14.2 Å². The molecule has 0 unspecified atom stereocenters. The Morgan fingerprint density at radius 2 is 2.23 bits per heavy atom. The first kappa shape index (κ1) is 15.2. The number of carbonyl (C=O) groups excluding carboxylic acids is 1. The highest BCUT2D eigenvalue weighted by molar-refractivity contribution is 5.78. The topological polar surface area (TPSA) is 48.0 Å². The van der Waals surface area contributed by atoms with E-state index in [2.05, 4.69) is 0 Å². The molecule has 0 bridgehead atoms. The van der Waals surface area contributed by atoms with Crippen molar-refractivity contribution in [1.82, 2.24) is 4.90 Å². The second-order valence-corrected chi connectivity index (χ2v) is 5.80. The first-order valence-electron chi connectivity index (χ1n) is 7.35. The van der Waals surface area contributed by atoms with Crippen LogP contribution in [0.15, 0.2) is 18.2 Å². The summed E-state index contributed by atoms with van der Waals surface area (Å²) in [5.41, 5.74) is 0.735. The zero-order valence-electron chi connectivity index (χ0n) is 12.8. The summed E-state index contributed by atoms with van der Waals surface area (Å²) in [7, 11) is 3.14. The SMILES string of the molecule is COCC(=O)N1C[C@@H](COC)[C@@H]2COc3ccc(F)cc3[C@@H]21. The molecule has 22 heavy (non-hydrogen) atoms. The Hall–Kier alpha value is -1.66. The zero-order valence-corrected chi connectivity index (χ0v) is 12.8. The monoisotopic (exact) mass is 309 g/mol. The fourth-order valence-corrected chi connectivity index (χ4v) is 3.54. The molecule has 1 aromatic carbocycles. The molecule has 6 heteroatoms. The van der Waals surface area contributed by atoms with Crippen LogP contribution in [-0.2, 0) is 14.3 Å². The summed E-state index contributed by atoms with van der Waals surface area (Å²) in [5.74, 6) is 0.517. The van der Waals surface area contributed by atoms with Crippen molar-refractivity contribution >= 4 is 5.91 Å². The van der Waals surface area contributed by atoms with Crippen molar-refractivity contribution in [3.63, 3.8) is 0 Å². The smallest absolute Gasteiger partial charge is 0.249 e. The fourth-order valence-electron chi connectivity index (χ4n) is 3.54. The Balaban J connectivity index is 1.97. The van der Waals surface area contributed by atoms with E-state index < -0.39 is 0 Å². The van der Waals surface area contributed by atoms with Gasteiger partial charge in [-0.05, 0) is 18.2 Å². The molecule has 3 rings (SSSR count). The molecule has 1 saturated heterocycles. The fraction of sp³-hybridized carbons (Fsp3) is 0.562. The minimum absolute atomic E-state index is 0.0223. The molecule has 1 amide bonds. The molecular formula is C16H20FNO4. The van der Waals surface area contributed by atoms with Gasteiger partial charge in [-0.1, -0.05) is 0 Å². The number of amides is 1. The minimum atomic E-state index is -0.322. The molecule has 1 aromatic rings. The summed E-state index contributed by atoms with van der Waals surface area (Å²) in [6.45, 7) is 1.65. The van der Waals surface area contributed by atoms with Gasteiger partial charge in [0.25, 0.3) is 0 Å². The summed E-state index contributed by atoms with van der Waals surface area (Å²) in [5, 5.41) is 0. The molecule has 3 atom stereocenters. The number of methoxy groups -OCH3 is 2. The summed E-state index contributed by atoms with van der Waals surface area (Å²) < 4.78 is 29.7. The molecule has 5 nitrogen and oxygen atoms in total. The third-order valence-electron chi connectivity index (χ3n) is 4.47.